The lowest BCUT2D eigenvalue weighted by molar-refractivity contribution is -0.202. The zero-order valence-corrected chi connectivity index (χ0v) is 21.0. The Balaban J connectivity index is 0.00000274. The van der Waals surface area contributed by atoms with Crippen LogP contribution in [0.1, 0.15) is 49.0 Å². The van der Waals surface area contributed by atoms with E-state index in [4.69, 9.17) is 14.7 Å². The Hall–Kier alpha value is -3.45. The summed E-state index contributed by atoms with van der Waals surface area (Å²) in [6.45, 7) is 10.4. The van der Waals surface area contributed by atoms with Gasteiger partial charge >= 0.3 is 0 Å². The second-order valence-corrected chi connectivity index (χ2v) is 6.74. The highest BCUT2D eigenvalue weighted by Gasteiger charge is 2.34. The van der Waals surface area contributed by atoms with Crippen molar-refractivity contribution < 1.29 is 29.1 Å². The molecule has 2 rings (SSSR count). The third-order valence-electron chi connectivity index (χ3n) is 4.53. The van der Waals surface area contributed by atoms with Crippen LogP contribution in [0.25, 0.3) is 0 Å². The van der Waals surface area contributed by atoms with E-state index in [1.54, 1.807) is 24.3 Å². The third kappa shape index (κ3) is 11.0. The minimum atomic E-state index is -1.43. The van der Waals surface area contributed by atoms with Gasteiger partial charge in [-0.1, -0.05) is 31.8 Å². The van der Waals surface area contributed by atoms with Crippen molar-refractivity contribution in [2.45, 2.75) is 45.4 Å². The molecular weight excluding hydrogens is 450 g/mol. The van der Waals surface area contributed by atoms with E-state index < -0.39 is 30.1 Å². The summed E-state index contributed by atoms with van der Waals surface area (Å²) in [5, 5.41) is 11.1. The molecule has 0 aromatic heterocycles. The van der Waals surface area contributed by atoms with Crippen molar-refractivity contribution in [1.29, 1.82) is 0 Å². The highest BCUT2D eigenvalue weighted by molar-refractivity contribution is 6.08. The number of hydrogen-bond donors (Lipinski definition) is 3. The van der Waals surface area contributed by atoms with Crippen LogP contribution in [-0.4, -0.2) is 67.4 Å². The summed E-state index contributed by atoms with van der Waals surface area (Å²) in [6.07, 6.45) is 4.93. The monoisotopic (exact) mass is 487 g/mol. The molecule has 0 spiro atoms. The van der Waals surface area contributed by atoms with Gasteiger partial charge in [0.15, 0.2) is 12.3 Å². The van der Waals surface area contributed by atoms with E-state index in [1.807, 2.05) is 13.8 Å². The average Bonchev–Trinajstić information content (AvgIpc) is 2.92. The lowest BCUT2D eigenvalue weighted by Gasteiger charge is -2.27. The molecule has 9 heteroatoms. The molecule has 2 atom stereocenters. The van der Waals surface area contributed by atoms with Gasteiger partial charge in [-0.25, -0.2) is 10.3 Å². The van der Waals surface area contributed by atoms with E-state index in [-0.39, 0.29) is 12.2 Å². The summed E-state index contributed by atoms with van der Waals surface area (Å²) in [6, 6.07) is 5.00. The van der Waals surface area contributed by atoms with Crippen LogP contribution in [0.5, 0.6) is 0 Å². The zero-order chi connectivity index (χ0) is 26.6. The van der Waals surface area contributed by atoms with Crippen LogP contribution in [0.15, 0.2) is 49.6 Å². The minimum Gasteiger partial charge on any atom is -0.392 e. The molecule has 0 aliphatic carbocycles. The fraction of sp³-hybridized carbons (Fsp3) is 0.423. The number of hydroxylamine groups is 1. The maximum absolute atomic E-state index is 12.9. The van der Waals surface area contributed by atoms with Crippen molar-refractivity contribution in [3.05, 3.63) is 60.7 Å². The normalized spacial score (nSPS) is 15.1. The van der Waals surface area contributed by atoms with Crippen molar-refractivity contribution in [3.63, 3.8) is 0 Å². The molecule has 9 nitrogen and oxygen atoms in total. The number of nitrogens with one attached hydrogen (secondary N) is 2. The summed E-state index contributed by atoms with van der Waals surface area (Å²) in [5.74, 6) is 3.67. The van der Waals surface area contributed by atoms with Crippen molar-refractivity contribution in [3.8, 4) is 11.8 Å². The highest BCUT2D eigenvalue weighted by atomic mass is 16.8. The largest absolute Gasteiger partial charge is 0.392 e. The van der Waals surface area contributed by atoms with Crippen molar-refractivity contribution in [2.75, 3.05) is 27.3 Å². The van der Waals surface area contributed by atoms with Crippen LogP contribution in [0.4, 0.5) is 0 Å². The number of allylic oxidation sites excluding steroid dienone is 1. The van der Waals surface area contributed by atoms with Gasteiger partial charge in [0.2, 0.25) is 0 Å². The summed E-state index contributed by atoms with van der Waals surface area (Å²) >= 11 is 0. The Morgan fingerprint density at radius 1 is 1.23 bits per heavy atom. The Morgan fingerprint density at radius 2 is 1.89 bits per heavy atom. The van der Waals surface area contributed by atoms with Crippen LogP contribution in [0, 0.1) is 11.8 Å². The number of rotatable bonds is 7. The number of carbonyl (C=O) groups excluding carboxylic acids is 3. The van der Waals surface area contributed by atoms with E-state index in [9.17, 15) is 14.4 Å². The topological polar surface area (TPSA) is 117 Å². The fourth-order valence-corrected chi connectivity index (χ4v) is 2.84. The molecule has 3 amide bonds. The molecule has 35 heavy (non-hydrogen) atoms. The summed E-state index contributed by atoms with van der Waals surface area (Å²) in [4.78, 5) is 44.1. The highest BCUT2D eigenvalue weighted by Crippen LogP contribution is 2.13. The van der Waals surface area contributed by atoms with Gasteiger partial charge in [-0.15, -0.1) is 13.2 Å². The van der Waals surface area contributed by atoms with Crippen LogP contribution in [0.2, 0.25) is 0 Å². The average molecular weight is 488 g/mol. The number of aliphatic hydroxyl groups is 1. The molecule has 1 fully saturated rings. The van der Waals surface area contributed by atoms with Gasteiger partial charge in [0, 0.05) is 38.2 Å². The molecule has 2 unspecified atom stereocenters. The first-order valence-corrected chi connectivity index (χ1v) is 11.4. The summed E-state index contributed by atoms with van der Waals surface area (Å²) in [7, 11) is 2.75. The first kappa shape index (κ1) is 31.6. The Labute approximate surface area is 208 Å². The number of aliphatic hydroxyl groups excluding tert-OH is 1. The molecule has 0 radical (unpaired) electrons. The number of amides is 3. The standard InChI is InChI=1S/C22H27N3O6.C2H6.C2H4/c1-23-20(27)19(21(28)24-31-18-9-5-7-15-30-18)25(2)22(29)17-12-10-16(11-13-17)8-4-3-6-14-26;2*1-2/h3,6,10-13,18-19,26H,5,7,9,14-15H2,1-2H3,(H,23,27)(H,24,28);1-2H3;1-2H2/b6-3+;;. The second kappa shape index (κ2) is 18.9. The quantitative estimate of drug-likeness (QED) is 0.235. The lowest BCUT2D eigenvalue weighted by atomic mass is 10.1. The number of hydrogen-bond acceptors (Lipinski definition) is 6. The minimum absolute atomic E-state index is 0.0900. The van der Waals surface area contributed by atoms with Crippen molar-refractivity contribution in [1.82, 2.24) is 15.7 Å². The molecule has 1 saturated heterocycles. The van der Waals surface area contributed by atoms with Gasteiger partial charge in [0.1, 0.15) is 0 Å². The maximum Gasteiger partial charge on any atom is 0.276 e. The predicted octanol–water partition coefficient (Wildman–Crippen LogP) is 2.18. The summed E-state index contributed by atoms with van der Waals surface area (Å²) in [5.41, 5.74) is 3.20. The Bertz CT molecular complexity index is 867. The van der Waals surface area contributed by atoms with E-state index in [1.165, 1.54) is 26.2 Å². The van der Waals surface area contributed by atoms with Crippen LogP contribution >= 0.6 is 0 Å². The smallest absolute Gasteiger partial charge is 0.276 e. The molecule has 1 aromatic rings. The lowest BCUT2D eigenvalue weighted by Crippen LogP contribution is -2.55. The van der Waals surface area contributed by atoms with Crippen molar-refractivity contribution >= 4 is 17.7 Å². The van der Waals surface area contributed by atoms with Crippen molar-refractivity contribution in [2.24, 2.45) is 0 Å². The fourth-order valence-electron chi connectivity index (χ4n) is 2.84. The Kier molecular flexibility index (Phi) is 17.1. The second-order valence-electron chi connectivity index (χ2n) is 6.74. The number of ether oxygens (including phenoxy) is 1. The van der Waals surface area contributed by atoms with E-state index in [0.29, 0.717) is 18.6 Å². The number of likely N-dealkylation sites (N-methyl/N-ethyl adjacent to an activating group) is 2. The summed E-state index contributed by atoms with van der Waals surface area (Å²) < 4.78 is 5.38. The molecule has 0 bridgehead atoms. The Morgan fingerprint density at radius 3 is 2.43 bits per heavy atom. The molecule has 1 heterocycles. The van der Waals surface area contributed by atoms with Crippen LogP contribution in [-0.2, 0) is 19.2 Å². The molecule has 1 aliphatic rings. The molecule has 3 N–H and O–H groups in total. The van der Waals surface area contributed by atoms with Gasteiger partial charge < -0.3 is 20.1 Å². The van der Waals surface area contributed by atoms with E-state index in [2.05, 4.69) is 35.8 Å². The first-order valence-electron chi connectivity index (χ1n) is 11.4. The van der Waals surface area contributed by atoms with Crippen LogP contribution in [0.3, 0.4) is 0 Å². The molecule has 192 valence electrons. The van der Waals surface area contributed by atoms with Gasteiger partial charge in [-0.2, -0.15) is 0 Å². The number of nitrogens with zero attached hydrogens (tertiary/aromatic N) is 1. The van der Waals surface area contributed by atoms with Gasteiger partial charge in [0.25, 0.3) is 17.7 Å². The molecular formula is C26H37N3O6. The number of benzene rings is 1. The van der Waals surface area contributed by atoms with Gasteiger partial charge in [-0.05, 0) is 43.2 Å². The van der Waals surface area contributed by atoms with Crippen LogP contribution < -0.4 is 10.8 Å². The molecule has 1 aromatic carbocycles. The molecule has 0 saturated carbocycles. The molecule has 1 aliphatic heterocycles. The zero-order valence-electron chi connectivity index (χ0n) is 21.0. The maximum atomic E-state index is 12.9. The van der Waals surface area contributed by atoms with E-state index >= 15 is 0 Å². The first-order chi connectivity index (χ1) is 17.0. The van der Waals surface area contributed by atoms with Gasteiger partial charge in [-0.3, -0.25) is 14.4 Å². The third-order valence-corrected chi connectivity index (χ3v) is 4.53. The van der Waals surface area contributed by atoms with E-state index in [0.717, 1.165) is 17.7 Å². The van der Waals surface area contributed by atoms with Gasteiger partial charge in [0.05, 0.1) is 6.61 Å². The SMILES string of the molecule is C=C.CC.CNC(=O)C(C(=O)NOC1CCCCO1)N(C)C(=O)c1ccc(C#C/C=C/CO)cc1. The number of carbonyl (C=O) groups is 3. The predicted molar refractivity (Wildman–Crippen MR) is 135 cm³/mol.